The van der Waals surface area contributed by atoms with Gasteiger partial charge in [-0.15, -0.1) is 0 Å². The fourth-order valence-electron chi connectivity index (χ4n) is 3.12. The third-order valence-electron chi connectivity index (χ3n) is 5.02. The van der Waals surface area contributed by atoms with Gasteiger partial charge in [0.05, 0.1) is 23.2 Å². The molecule has 2 aromatic carbocycles. The third-order valence-corrected chi connectivity index (χ3v) is 6.00. The molecule has 0 fully saturated rings. The number of anilines is 1. The number of hydrogen-bond donors (Lipinski definition) is 3. The summed E-state index contributed by atoms with van der Waals surface area (Å²) in [7, 11) is 0. The van der Waals surface area contributed by atoms with Gasteiger partial charge in [0.15, 0.2) is 5.16 Å². The number of amides is 2. The molecule has 0 bridgehead atoms. The minimum atomic E-state index is -0.345. The maximum Gasteiger partial charge on any atom is 0.262 e. The maximum absolute atomic E-state index is 12.8. The molecule has 9 heteroatoms. The molecule has 0 atom stereocenters. The predicted molar refractivity (Wildman–Crippen MR) is 126 cm³/mol. The monoisotopic (exact) mass is 454 g/mol. The first-order chi connectivity index (χ1) is 15.4. The molecule has 0 aliphatic carbocycles. The Balaban J connectivity index is 1.62. The fraction of sp³-hybridized carbons (Fsp3) is 0.304. The normalized spacial score (nSPS) is 10.8. The fourth-order valence-corrected chi connectivity index (χ4v) is 3.98. The summed E-state index contributed by atoms with van der Waals surface area (Å²) in [6.45, 7) is 3.97. The first-order valence-corrected chi connectivity index (χ1v) is 11.2. The molecule has 1 aromatic heterocycles. The standard InChI is InChI=1S/C23H26N4O4S/c1-15-7-5-10-18(16(15)2)25-20(29)13-24-21(30)14-32-23-26-19-9-4-3-8-17(19)22(31)27(23)11-6-12-28/h3-5,7-10,28H,6,11-14H2,1-2H3,(H,24,30)(H,25,29). The number of thioether (sulfide) groups is 1. The topological polar surface area (TPSA) is 113 Å². The second-order valence-electron chi connectivity index (χ2n) is 7.31. The largest absolute Gasteiger partial charge is 0.396 e. The number of carbonyl (C=O) groups is 2. The van der Waals surface area contributed by atoms with Crippen LogP contribution in [0.2, 0.25) is 0 Å². The van der Waals surface area contributed by atoms with Crippen LogP contribution in [-0.2, 0) is 16.1 Å². The van der Waals surface area contributed by atoms with E-state index in [4.69, 9.17) is 5.11 Å². The molecule has 3 aromatic rings. The van der Waals surface area contributed by atoms with Crippen molar-refractivity contribution in [3.05, 3.63) is 63.9 Å². The quantitative estimate of drug-likeness (QED) is 0.338. The van der Waals surface area contributed by atoms with Gasteiger partial charge in [0, 0.05) is 18.8 Å². The van der Waals surface area contributed by atoms with E-state index in [1.165, 1.54) is 4.57 Å². The molecule has 8 nitrogen and oxygen atoms in total. The van der Waals surface area contributed by atoms with Crippen molar-refractivity contribution in [1.82, 2.24) is 14.9 Å². The van der Waals surface area contributed by atoms with Crippen molar-refractivity contribution in [1.29, 1.82) is 0 Å². The minimum absolute atomic E-state index is 0.000653. The Morgan fingerprint density at radius 2 is 1.88 bits per heavy atom. The number of hydrogen-bond acceptors (Lipinski definition) is 6. The van der Waals surface area contributed by atoms with Crippen LogP contribution >= 0.6 is 11.8 Å². The number of rotatable bonds is 9. The lowest BCUT2D eigenvalue weighted by Crippen LogP contribution is -2.34. The Kier molecular flexibility index (Phi) is 8.02. The lowest BCUT2D eigenvalue weighted by Gasteiger charge is -2.13. The number of nitrogens with zero attached hydrogens (tertiary/aromatic N) is 2. The summed E-state index contributed by atoms with van der Waals surface area (Å²) in [5.74, 6) is -0.663. The van der Waals surface area contributed by atoms with Crippen LogP contribution in [0.4, 0.5) is 5.69 Å². The molecule has 0 saturated carbocycles. The summed E-state index contributed by atoms with van der Waals surface area (Å²) in [5.41, 5.74) is 3.10. The molecule has 1 heterocycles. The Bertz CT molecular complexity index is 1190. The molecule has 2 amide bonds. The molecule has 32 heavy (non-hydrogen) atoms. The van der Waals surface area contributed by atoms with Crippen LogP contribution < -0.4 is 16.2 Å². The Morgan fingerprint density at radius 3 is 2.66 bits per heavy atom. The van der Waals surface area contributed by atoms with Crippen LogP contribution in [-0.4, -0.2) is 45.4 Å². The lowest BCUT2D eigenvalue weighted by molar-refractivity contribution is -0.122. The van der Waals surface area contributed by atoms with Gasteiger partial charge in [0.1, 0.15) is 0 Å². The summed E-state index contributed by atoms with van der Waals surface area (Å²) < 4.78 is 1.48. The van der Waals surface area contributed by atoms with Gasteiger partial charge >= 0.3 is 0 Å². The molecule has 0 spiro atoms. The first-order valence-electron chi connectivity index (χ1n) is 10.3. The lowest BCUT2D eigenvalue weighted by atomic mass is 10.1. The van der Waals surface area contributed by atoms with E-state index in [9.17, 15) is 14.4 Å². The Morgan fingerprint density at radius 1 is 1.09 bits per heavy atom. The highest BCUT2D eigenvalue weighted by molar-refractivity contribution is 7.99. The third kappa shape index (κ3) is 5.74. The van der Waals surface area contributed by atoms with E-state index in [-0.39, 0.29) is 36.3 Å². The predicted octanol–water partition coefficient (Wildman–Crippen LogP) is 2.24. The van der Waals surface area contributed by atoms with Crippen molar-refractivity contribution >= 4 is 40.2 Å². The Labute approximate surface area is 190 Å². The molecule has 3 N–H and O–H groups in total. The number of carbonyl (C=O) groups excluding carboxylic acids is 2. The smallest absolute Gasteiger partial charge is 0.262 e. The molecule has 0 aliphatic heterocycles. The summed E-state index contributed by atoms with van der Waals surface area (Å²) in [4.78, 5) is 41.8. The van der Waals surface area contributed by atoms with E-state index in [0.717, 1.165) is 22.9 Å². The molecular weight excluding hydrogens is 428 g/mol. The van der Waals surface area contributed by atoms with Gasteiger partial charge in [-0.3, -0.25) is 19.0 Å². The van der Waals surface area contributed by atoms with Crippen LogP contribution in [0.5, 0.6) is 0 Å². The number of aryl methyl sites for hydroxylation is 1. The van der Waals surface area contributed by atoms with Crippen molar-refractivity contribution in [2.75, 3.05) is 24.2 Å². The van der Waals surface area contributed by atoms with Crippen LogP contribution in [0.1, 0.15) is 17.5 Å². The van der Waals surface area contributed by atoms with E-state index in [1.807, 2.05) is 32.0 Å². The maximum atomic E-state index is 12.8. The summed E-state index contributed by atoms with van der Waals surface area (Å²) in [6.07, 6.45) is 0.401. The van der Waals surface area contributed by atoms with Gasteiger partial charge in [-0.25, -0.2) is 4.98 Å². The highest BCUT2D eigenvalue weighted by Crippen LogP contribution is 2.19. The summed E-state index contributed by atoms with van der Waals surface area (Å²) in [5, 5.41) is 15.4. The zero-order valence-corrected chi connectivity index (χ0v) is 18.9. The second kappa shape index (κ2) is 10.9. The number of aromatic nitrogens is 2. The van der Waals surface area contributed by atoms with Crippen molar-refractivity contribution in [2.45, 2.75) is 32.0 Å². The average Bonchev–Trinajstić information content (AvgIpc) is 2.79. The zero-order valence-electron chi connectivity index (χ0n) is 18.1. The number of fused-ring (bicyclic) bond motifs is 1. The zero-order chi connectivity index (χ0) is 23.1. The molecule has 0 unspecified atom stereocenters. The molecule has 0 radical (unpaired) electrons. The second-order valence-corrected chi connectivity index (χ2v) is 8.25. The number of aliphatic hydroxyl groups is 1. The number of para-hydroxylation sites is 1. The van der Waals surface area contributed by atoms with E-state index >= 15 is 0 Å². The number of aliphatic hydroxyl groups excluding tert-OH is 1. The van der Waals surface area contributed by atoms with Crippen LogP contribution in [0.15, 0.2) is 52.4 Å². The van der Waals surface area contributed by atoms with E-state index in [1.54, 1.807) is 24.3 Å². The molecule has 0 aliphatic rings. The van der Waals surface area contributed by atoms with Gasteiger partial charge < -0.3 is 15.7 Å². The van der Waals surface area contributed by atoms with Gasteiger partial charge in [-0.1, -0.05) is 36.0 Å². The Hall–Kier alpha value is -3.17. The SMILES string of the molecule is Cc1cccc(NC(=O)CNC(=O)CSc2nc3ccccc3c(=O)n2CCCO)c1C. The minimum Gasteiger partial charge on any atom is -0.396 e. The number of nitrogens with one attached hydrogen (secondary N) is 2. The van der Waals surface area contributed by atoms with Gasteiger partial charge in [-0.2, -0.15) is 0 Å². The van der Waals surface area contributed by atoms with Gasteiger partial charge in [0.2, 0.25) is 11.8 Å². The van der Waals surface area contributed by atoms with Crippen molar-refractivity contribution in [3.63, 3.8) is 0 Å². The van der Waals surface area contributed by atoms with Crippen LogP contribution in [0, 0.1) is 13.8 Å². The molecule has 3 rings (SSSR count). The average molecular weight is 455 g/mol. The van der Waals surface area contributed by atoms with E-state index < -0.39 is 0 Å². The van der Waals surface area contributed by atoms with Crippen LogP contribution in [0.3, 0.4) is 0 Å². The van der Waals surface area contributed by atoms with Gasteiger partial charge in [0.25, 0.3) is 5.56 Å². The molecule has 168 valence electrons. The molecule has 0 saturated heterocycles. The van der Waals surface area contributed by atoms with Crippen molar-refractivity contribution < 1.29 is 14.7 Å². The summed E-state index contributed by atoms with van der Waals surface area (Å²) in [6, 6.07) is 12.7. The summed E-state index contributed by atoms with van der Waals surface area (Å²) >= 11 is 1.12. The van der Waals surface area contributed by atoms with Gasteiger partial charge in [-0.05, 0) is 49.6 Å². The molecular formula is C23H26N4O4S. The first kappa shape index (κ1) is 23.5. The highest BCUT2D eigenvalue weighted by atomic mass is 32.2. The number of benzene rings is 2. The highest BCUT2D eigenvalue weighted by Gasteiger charge is 2.14. The van der Waals surface area contributed by atoms with Crippen LogP contribution in [0.25, 0.3) is 10.9 Å². The van der Waals surface area contributed by atoms with E-state index in [2.05, 4.69) is 15.6 Å². The van der Waals surface area contributed by atoms with E-state index in [0.29, 0.717) is 34.7 Å². The van der Waals surface area contributed by atoms with Crippen molar-refractivity contribution in [2.24, 2.45) is 0 Å². The van der Waals surface area contributed by atoms with Crippen molar-refractivity contribution in [3.8, 4) is 0 Å².